The Balaban J connectivity index is 2.28. The monoisotopic (exact) mass is 324 g/mol. The molecule has 0 bridgehead atoms. The number of hydrogen-bond donors (Lipinski definition) is 1. The number of carbonyl (C=O) groups excluding carboxylic acids is 1. The van der Waals surface area contributed by atoms with Gasteiger partial charge in [-0.25, -0.2) is 4.98 Å². The Morgan fingerprint density at radius 1 is 1.36 bits per heavy atom. The number of piperidine rings is 1. The van der Waals surface area contributed by atoms with Crippen LogP contribution in [0.2, 0.25) is 0 Å². The number of aliphatic carboxylic acids is 1. The molecule has 1 fully saturated rings. The van der Waals surface area contributed by atoms with Gasteiger partial charge in [0.15, 0.2) is 0 Å². The third kappa shape index (κ3) is 3.16. The van der Waals surface area contributed by atoms with Crippen LogP contribution in [0.15, 0.2) is 0 Å². The van der Waals surface area contributed by atoms with Gasteiger partial charge in [-0.05, 0) is 26.7 Å². The molecular formula is C16H24N2O3S. The minimum absolute atomic E-state index is 0.0797. The largest absolute Gasteiger partial charge is 0.481 e. The first-order chi connectivity index (χ1) is 10.1. The van der Waals surface area contributed by atoms with Gasteiger partial charge in [-0.3, -0.25) is 9.59 Å². The summed E-state index contributed by atoms with van der Waals surface area (Å²) in [7, 11) is 0. The zero-order chi connectivity index (χ0) is 16.7. The molecule has 0 aromatic carbocycles. The van der Waals surface area contributed by atoms with Crippen molar-refractivity contribution in [2.24, 2.45) is 5.92 Å². The number of carboxylic acid groups (broad SMARTS) is 1. The van der Waals surface area contributed by atoms with Crippen molar-refractivity contribution < 1.29 is 14.7 Å². The lowest BCUT2D eigenvalue weighted by Crippen LogP contribution is -2.49. The summed E-state index contributed by atoms with van der Waals surface area (Å²) in [5.41, 5.74) is 0.648. The van der Waals surface area contributed by atoms with Gasteiger partial charge in [0, 0.05) is 18.0 Å². The lowest BCUT2D eigenvalue weighted by atomic mass is 9.90. The number of amides is 1. The molecule has 0 radical (unpaired) electrons. The lowest BCUT2D eigenvalue weighted by Gasteiger charge is -2.37. The van der Waals surface area contributed by atoms with E-state index in [2.05, 4.69) is 25.8 Å². The third-order valence-electron chi connectivity index (χ3n) is 4.20. The SMILES string of the molecule is Cc1nc(C(C)(C)C)sc1C(=O)N1CCC[C@@H](C(=O)O)[C@H]1C. The number of thiazole rings is 1. The minimum atomic E-state index is -0.818. The number of carboxylic acids is 1. The van der Waals surface area contributed by atoms with E-state index in [1.807, 2.05) is 13.8 Å². The highest BCUT2D eigenvalue weighted by Crippen LogP contribution is 2.32. The molecule has 6 heteroatoms. The second kappa shape index (κ2) is 5.99. The van der Waals surface area contributed by atoms with Crippen molar-refractivity contribution in [3.63, 3.8) is 0 Å². The van der Waals surface area contributed by atoms with E-state index in [1.54, 1.807) is 4.90 Å². The quantitative estimate of drug-likeness (QED) is 0.907. The number of aromatic nitrogens is 1. The molecular weight excluding hydrogens is 300 g/mol. The first-order valence-corrected chi connectivity index (χ1v) is 8.46. The summed E-state index contributed by atoms with van der Waals surface area (Å²) in [5.74, 6) is -1.38. The smallest absolute Gasteiger partial charge is 0.308 e. The van der Waals surface area contributed by atoms with E-state index >= 15 is 0 Å². The predicted octanol–water partition coefficient (Wildman–Crippen LogP) is 3.07. The molecule has 122 valence electrons. The van der Waals surface area contributed by atoms with Gasteiger partial charge in [0.05, 0.1) is 16.6 Å². The molecule has 1 aromatic rings. The van der Waals surface area contributed by atoms with E-state index in [1.165, 1.54) is 11.3 Å². The first-order valence-electron chi connectivity index (χ1n) is 7.64. The zero-order valence-electron chi connectivity index (χ0n) is 13.8. The highest BCUT2D eigenvalue weighted by atomic mass is 32.1. The molecule has 22 heavy (non-hydrogen) atoms. The number of hydrogen-bond acceptors (Lipinski definition) is 4. The van der Waals surface area contributed by atoms with Crippen molar-refractivity contribution in [2.75, 3.05) is 6.54 Å². The van der Waals surface area contributed by atoms with Crippen LogP contribution in [-0.4, -0.2) is 39.5 Å². The van der Waals surface area contributed by atoms with Gasteiger partial charge in [-0.1, -0.05) is 20.8 Å². The Morgan fingerprint density at radius 3 is 2.50 bits per heavy atom. The number of likely N-dealkylation sites (tertiary alicyclic amines) is 1. The summed E-state index contributed by atoms with van der Waals surface area (Å²) in [6.45, 7) is 10.5. The highest BCUT2D eigenvalue weighted by molar-refractivity contribution is 7.14. The summed E-state index contributed by atoms with van der Waals surface area (Å²) < 4.78 is 0. The fourth-order valence-corrected chi connectivity index (χ4v) is 3.89. The third-order valence-corrected chi connectivity index (χ3v) is 5.77. The summed E-state index contributed by atoms with van der Waals surface area (Å²) in [5, 5.41) is 10.2. The Bertz CT molecular complexity index is 589. The summed E-state index contributed by atoms with van der Waals surface area (Å²) in [4.78, 5) is 31.0. The number of rotatable bonds is 2. The average Bonchev–Trinajstić information content (AvgIpc) is 2.80. The molecule has 0 unspecified atom stereocenters. The second-order valence-electron chi connectivity index (χ2n) is 7.01. The lowest BCUT2D eigenvalue weighted by molar-refractivity contribution is -0.144. The number of carbonyl (C=O) groups is 2. The highest BCUT2D eigenvalue weighted by Gasteiger charge is 2.37. The van der Waals surface area contributed by atoms with Crippen LogP contribution in [0, 0.1) is 12.8 Å². The van der Waals surface area contributed by atoms with E-state index in [4.69, 9.17) is 0 Å². The topological polar surface area (TPSA) is 70.5 Å². The molecule has 5 nitrogen and oxygen atoms in total. The predicted molar refractivity (Wildman–Crippen MR) is 86.4 cm³/mol. The van der Waals surface area contributed by atoms with Gasteiger partial charge in [0.2, 0.25) is 0 Å². The van der Waals surface area contributed by atoms with Crippen LogP contribution >= 0.6 is 11.3 Å². The maximum absolute atomic E-state index is 12.8. The van der Waals surface area contributed by atoms with Crippen molar-refractivity contribution in [1.82, 2.24) is 9.88 Å². The summed E-state index contributed by atoms with van der Waals surface area (Å²) in [6.07, 6.45) is 1.37. The van der Waals surface area contributed by atoms with E-state index in [0.717, 1.165) is 17.1 Å². The molecule has 0 saturated carbocycles. The van der Waals surface area contributed by atoms with Gasteiger partial charge < -0.3 is 10.0 Å². The Kier molecular flexibility index (Phi) is 4.61. The van der Waals surface area contributed by atoms with Crippen LogP contribution in [-0.2, 0) is 10.2 Å². The van der Waals surface area contributed by atoms with Crippen LogP contribution in [0.1, 0.15) is 60.9 Å². The molecule has 0 aliphatic carbocycles. The molecule has 0 spiro atoms. The van der Waals surface area contributed by atoms with E-state index < -0.39 is 11.9 Å². The summed E-state index contributed by atoms with van der Waals surface area (Å²) >= 11 is 1.43. The van der Waals surface area contributed by atoms with E-state index in [-0.39, 0.29) is 17.4 Å². The van der Waals surface area contributed by atoms with Crippen molar-refractivity contribution in [3.05, 3.63) is 15.6 Å². The molecule has 1 aromatic heterocycles. The normalized spacial score (nSPS) is 22.7. The van der Waals surface area contributed by atoms with Gasteiger partial charge in [0.25, 0.3) is 5.91 Å². The minimum Gasteiger partial charge on any atom is -0.481 e. The van der Waals surface area contributed by atoms with Crippen LogP contribution in [0.3, 0.4) is 0 Å². The molecule has 2 heterocycles. The van der Waals surface area contributed by atoms with Gasteiger partial charge >= 0.3 is 5.97 Å². The fraction of sp³-hybridized carbons (Fsp3) is 0.688. The number of aryl methyl sites for hydroxylation is 1. The standard InChI is InChI=1S/C16H24N2O3S/c1-9-12(22-15(17-9)16(3,4)5)13(19)18-8-6-7-11(10(18)2)14(20)21/h10-11H,6-8H2,1-5H3,(H,20,21)/t10-,11-/m1/s1. The molecule has 1 aliphatic rings. The maximum Gasteiger partial charge on any atom is 0.308 e. The fourth-order valence-electron chi connectivity index (χ4n) is 2.81. The molecule has 1 N–H and O–H groups in total. The first kappa shape index (κ1) is 16.9. The van der Waals surface area contributed by atoms with Crippen molar-refractivity contribution >= 4 is 23.2 Å². The average molecular weight is 324 g/mol. The van der Waals surface area contributed by atoms with Crippen LogP contribution in [0.5, 0.6) is 0 Å². The van der Waals surface area contributed by atoms with Gasteiger partial charge in [-0.2, -0.15) is 0 Å². The second-order valence-corrected chi connectivity index (χ2v) is 8.01. The van der Waals surface area contributed by atoms with E-state index in [0.29, 0.717) is 17.8 Å². The van der Waals surface area contributed by atoms with Crippen molar-refractivity contribution in [3.8, 4) is 0 Å². The molecule has 1 aliphatic heterocycles. The van der Waals surface area contributed by atoms with Crippen molar-refractivity contribution in [1.29, 1.82) is 0 Å². The molecule has 2 atom stereocenters. The maximum atomic E-state index is 12.8. The van der Waals surface area contributed by atoms with Crippen LogP contribution in [0.4, 0.5) is 0 Å². The summed E-state index contributed by atoms with van der Waals surface area (Å²) in [6, 6.07) is -0.279. The van der Waals surface area contributed by atoms with E-state index in [9.17, 15) is 14.7 Å². The van der Waals surface area contributed by atoms with Gasteiger partial charge in [0.1, 0.15) is 4.88 Å². The molecule has 2 rings (SSSR count). The zero-order valence-corrected chi connectivity index (χ0v) is 14.7. The Hall–Kier alpha value is -1.43. The van der Waals surface area contributed by atoms with Gasteiger partial charge in [-0.15, -0.1) is 11.3 Å². The van der Waals surface area contributed by atoms with Crippen molar-refractivity contribution in [2.45, 2.75) is 58.9 Å². The van der Waals surface area contributed by atoms with Crippen LogP contribution < -0.4 is 0 Å². The Morgan fingerprint density at radius 2 is 2.00 bits per heavy atom. The number of nitrogens with zero attached hydrogens (tertiary/aromatic N) is 2. The Labute approximate surface area is 135 Å². The molecule has 1 amide bonds. The van der Waals surface area contributed by atoms with Crippen LogP contribution in [0.25, 0.3) is 0 Å². The molecule has 1 saturated heterocycles.